The van der Waals surface area contributed by atoms with Gasteiger partial charge in [0.2, 0.25) is 11.8 Å². The Morgan fingerprint density at radius 1 is 1.32 bits per heavy atom. The molecule has 0 saturated carbocycles. The zero-order valence-corrected chi connectivity index (χ0v) is 15.8. The Labute approximate surface area is 151 Å². The van der Waals surface area contributed by atoms with E-state index in [9.17, 15) is 8.42 Å². The van der Waals surface area contributed by atoms with Crippen LogP contribution in [-0.2, 0) is 16.4 Å². The summed E-state index contributed by atoms with van der Waals surface area (Å²) in [7, 11) is -1.97. The highest BCUT2D eigenvalue weighted by molar-refractivity contribution is 7.91. The van der Waals surface area contributed by atoms with Gasteiger partial charge in [0.15, 0.2) is 0 Å². The van der Waals surface area contributed by atoms with Crippen molar-refractivity contribution >= 4 is 21.4 Å². The molecular weight excluding hydrogens is 362 g/mol. The molecule has 0 aromatic carbocycles. The summed E-state index contributed by atoms with van der Waals surface area (Å²) in [5.74, 6) is 0.705. The maximum atomic E-state index is 12.8. The van der Waals surface area contributed by atoms with Crippen LogP contribution in [0.4, 0.5) is 0 Å². The summed E-state index contributed by atoms with van der Waals surface area (Å²) in [6.07, 6.45) is 5.09. The number of methoxy groups -OCH3 is 1. The van der Waals surface area contributed by atoms with Gasteiger partial charge in [-0.2, -0.15) is 9.29 Å². The van der Waals surface area contributed by atoms with Crippen molar-refractivity contribution in [3.63, 3.8) is 0 Å². The number of hydrogen-bond acceptors (Lipinski definition) is 7. The monoisotopic (exact) mass is 383 g/mol. The van der Waals surface area contributed by atoms with Crippen molar-refractivity contribution in [1.29, 1.82) is 0 Å². The van der Waals surface area contributed by atoms with Gasteiger partial charge in [-0.25, -0.2) is 8.42 Å². The molecule has 0 N–H and O–H groups in total. The molecule has 0 bridgehead atoms. The smallest absolute Gasteiger partial charge is 0.252 e. The number of ether oxygens (including phenoxy) is 2. The van der Waals surface area contributed by atoms with Crippen LogP contribution in [0.3, 0.4) is 0 Å². The average molecular weight is 383 g/mol. The summed E-state index contributed by atoms with van der Waals surface area (Å²) in [4.78, 5) is 9.24. The minimum Gasteiger partial charge on any atom is -0.480 e. The predicted octanol–water partition coefficient (Wildman–Crippen LogP) is 2.34. The van der Waals surface area contributed by atoms with Crippen LogP contribution in [0.5, 0.6) is 11.8 Å². The van der Waals surface area contributed by atoms with Gasteiger partial charge >= 0.3 is 0 Å². The Morgan fingerprint density at radius 3 is 2.84 bits per heavy atom. The standard InChI is InChI=1S/C16H21N3O4S2/c1-3-13-6-7-16(24-13)25(20,21)19-8-4-5-12(11-19)23-15-10-17-9-14(18-15)22-2/h6-7,9-10,12H,3-5,8,11H2,1-2H3. The Morgan fingerprint density at radius 2 is 2.12 bits per heavy atom. The van der Waals surface area contributed by atoms with E-state index in [0.717, 1.165) is 24.1 Å². The number of aromatic nitrogens is 2. The lowest BCUT2D eigenvalue weighted by molar-refractivity contribution is 0.123. The molecule has 136 valence electrons. The van der Waals surface area contributed by atoms with E-state index in [-0.39, 0.29) is 6.10 Å². The third-order valence-corrected chi connectivity index (χ3v) is 7.57. The van der Waals surface area contributed by atoms with Crippen LogP contribution in [-0.4, -0.2) is 49.0 Å². The summed E-state index contributed by atoms with van der Waals surface area (Å²) >= 11 is 1.33. The Kier molecular flexibility index (Phi) is 5.55. The van der Waals surface area contributed by atoms with Crippen molar-refractivity contribution in [3.8, 4) is 11.8 Å². The van der Waals surface area contributed by atoms with Crippen molar-refractivity contribution in [2.75, 3.05) is 20.2 Å². The zero-order chi connectivity index (χ0) is 17.9. The Balaban J connectivity index is 1.71. The lowest BCUT2D eigenvalue weighted by atomic mass is 10.1. The zero-order valence-electron chi connectivity index (χ0n) is 14.2. The maximum Gasteiger partial charge on any atom is 0.252 e. The molecule has 2 aromatic heterocycles. The summed E-state index contributed by atoms with van der Waals surface area (Å²) in [5, 5.41) is 0. The first-order chi connectivity index (χ1) is 12.0. The van der Waals surface area contributed by atoms with Crippen molar-refractivity contribution in [2.24, 2.45) is 0 Å². The van der Waals surface area contributed by atoms with E-state index in [0.29, 0.717) is 29.1 Å². The second-order valence-corrected chi connectivity index (χ2v) is 9.05. The number of rotatable bonds is 6. The van der Waals surface area contributed by atoms with Gasteiger partial charge in [0.1, 0.15) is 10.3 Å². The Bertz CT molecular complexity index is 822. The third kappa shape index (κ3) is 4.10. The lowest BCUT2D eigenvalue weighted by Crippen LogP contribution is -2.44. The van der Waals surface area contributed by atoms with Crippen LogP contribution < -0.4 is 9.47 Å². The normalized spacial score (nSPS) is 18.9. The van der Waals surface area contributed by atoms with Crippen LogP contribution >= 0.6 is 11.3 Å². The molecule has 3 heterocycles. The van der Waals surface area contributed by atoms with E-state index >= 15 is 0 Å². The predicted molar refractivity (Wildman–Crippen MR) is 94.7 cm³/mol. The number of sulfonamides is 1. The first-order valence-electron chi connectivity index (χ1n) is 8.14. The molecule has 25 heavy (non-hydrogen) atoms. The number of nitrogens with zero attached hydrogens (tertiary/aromatic N) is 3. The lowest BCUT2D eigenvalue weighted by Gasteiger charge is -2.31. The molecule has 0 radical (unpaired) electrons. The molecule has 0 spiro atoms. The first-order valence-corrected chi connectivity index (χ1v) is 10.4. The van der Waals surface area contributed by atoms with Gasteiger partial charge in [0.05, 0.1) is 26.0 Å². The van der Waals surface area contributed by atoms with Gasteiger partial charge in [-0.3, -0.25) is 4.98 Å². The number of thiophene rings is 1. The van der Waals surface area contributed by atoms with Gasteiger partial charge in [0, 0.05) is 11.4 Å². The highest BCUT2D eigenvalue weighted by atomic mass is 32.2. The molecule has 1 unspecified atom stereocenters. The average Bonchev–Trinajstić information content (AvgIpc) is 3.12. The van der Waals surface area contributed by atoms with Crippen LogP contribution in [0.2, 0.25) is 0 Å². The van der Waals surface area contributed by atoms with Gasteiger partial charge in [-0.15, -0.1) is 11.3 Å². The minimum atomic E-state index is -3.48. The summed E-state index contributed by atoms with van der Waals surface area (Å²) < 4.78 is 38.5. The topological polar surface area (TPSA) is 81.6 Å². The van der Waals surface area contributed by atoms with Crippen molar-refractivity contribution in [2.45, 2.75) is 36.5 Å². The number of aryl methyl sites for hydroxylation is 1. The largest absolute Gasteiger partial charge is 0.480 e. The number of piperidine rings is 1. The molecule has 1 aliphatic rings. The van der Waals surface area contributed by atoms with Crippen LogP contribution in [0.1, 0.15) is 24.6 Å². The molecule has 1 saturated heterocycles. The molecule has 7 nitrogen and oxygen atoms in total. The van der Waals surface area contributed by atoms with Gasteiger partial charge in [0.25, 0.3) is 10.0 Å². The first kappa shape index (κ1) is 18.1. The summed E-state index contributed by atoms with van der Waals surface area (Å²) in [6, 6.07) is 3.57. The molecule has 0 amide bonds. The fraction of sp³-hybridized carbons (Fsp3) is 0.500. The molecule has 1 aliphatic heterocycles. The van der Waals surface area contributed by atoms with E-state index in [1.807, 2.05) is 13.0 Å². The second kappa shape index (κ2) is 7.67. The van der Waals surface area contributed by atoms with E-state index in [2.05, 4.69) is 9.97 Å². The summed E-state index contributed by atoms with van der Waals surface area (Å²) in [6.45, 7) is 2.83. The van der Waals surface area contributed by atoms with E-state index in [4.69, 9.17) is 9.47 Å². The fourth-order valence-electron chi connectivity index (χ4n) is 2.69. The molecule has 1 fully saturated rings. The van der Waals surface area contributed by atoms with Gasteiger partial charge in [-0.1, -0.05) is 6.92 Å². The van der Waals surface area contributed by atoms with E-state index in [1.165, 1.54) is 35.1 Å². The molecule has 1 atom stereocenters. The fourth-order valence-corrected chi connectivity index (χ4v) is 5.65. The molecule has 2 aromatic rings. The molecule has 9 heteroatoms. The molecule has 3 rings (SSSR count). The maximum absolute atomic E-state index is 12.8. The van der Waals surface area contributed by atoms with Gasteiger partial charge in [-0.05, 0) is 31.4 Å². The van der Waals surface area contributed by atoms with Crippen LogP contribution in [0.15, 0.2) is 28.7 Å². The second-order valence-electron chi connectivity index (χ2n) is 5.72. The van der Waals surface area contributed by atoms with Crippen LogP contribution in [0, 0.1) is 0 Å². The van der Waals surface area contributed by atoms with Crippen LogP contribution in [0.25, 0.3) is 0 Å². The number of hydrogen-bond donors (Lipinski definition) is 0. The van der Waals surface area contributed by atoms with Gasteiger partial charge < -0.3 is 9.47 Å². The molecular formula is C16H21N3O4S2. The van der Waals surface area contributed by atoms with Crippen molar-refractivity contribution in [3.05, 3.63) is 29.4 Å². The highest BCUT2D eigenvalue weighted by Crippen LogP contribution is 2.28. The van der Waals surface area contributed by atoms with Crippen molar-refractivity contribution < 1.29 is 17.9 Å². The third-order valence-electron chi connectivity index (χ3n) is 4.01. The summed E-state index contributed by atoms with van der Waals surface area (Å²) in [5.41, 5.74) is 0. The molecule has 0 aliphatic carbocycles. The van der Waals surface area contributed by atoms with E-state index < -0.39 is 10.0 Å². The van der Waals surface area contributed by atoms with E-state index in [1.54, 1.807) is 6.07 Å². The Hall–Kier alpha value is -1.71. The SMILES string of the molecule is CCc1ccc(S(=O)(=O)N2CCCC(Oc3cncc(OC)n3)C2)s1. The highest BCUT2D eigenvalue weighted by Gasteiger charge is 2.32. The van der Waals surface area contributed by atoms with Crippen molar-refractivity contribution in [1.82, 2.24) is 14.3 Å². The quantitative estimate of drug-likeness (QED) is 0.762. The minimum absolute atomic E-state index is 0.254.